The van der Waals surface area contributed by atoms with Gasteiger partial charge in [-0.05, 0) is 57.8 Å². The Morgan fingerprint density at radius 1 is 0.406 bits per heavy atom. The highest BCUT2D eigenvalue weighted by molar-refractivity contribution is 5.76. The van der Waals surface area contributed by atoms with Crippen LogP contribution in [0.4, 0.5) is 0 Å². The first kappa shape index (κ1) is 67.3. The maximum Gasteiger partial charge on any atom is 0.305 e. The van der Waals surface area contributed by atoms with Crippen LogP contribution in [0.2, 0.25) is 0 Å². The average molecular weight is 973 g/mol. The minimum absolute atomic E-state index is 0.00737. The van der Waals surface area contributed by atoms with E-state index in [-0.39, 0.29) is 18.5 Å². The summed E-state index contributed by atoms with van der Waals surface area (Å²) in [5.41, 5.74) is 0. The van der Waals surface area contributed by atoms with E-state index in [9.17, 15) is 19.8 Å². The number of nitrogens with one attached hydrogen (secondary N) is 1. The number of ether oxygens (including phenoxy) is 1. The fourth-order valence-corrected chi connectivity index (χ4v) is 9.73. The fraction of sp³-hybridized carbons (Fsp3) is 0.905. The summed E-state index contributed by atoms with van der Waals surface area (Å²) < 4.78 is 5.49. The molecule has 6 heteroatoms. The quantitative estimate of drug-likeness (QED) is 0.0321. The molecule has 0 rings (SSSR count). The van der Waals surface area contributed by atoms with Crippen molar-refractivity contribution >= 4 is 11.9 Å². The van der Waals surface area contributed by atoms with Crippen LogP contribution in [0.5, 0.6) is 0 Å². The van der Waals surface area contributed by atoms with E-state index in [4.69, 9.17) is 4.74 Å². The molecule has 0 aromatic rings. The van der Waals surface area contributed by atoms with Crippen LogP contribution in [0.1, 0.15) is 341 Å². The first-order valence-electron chi connectivity index (χ1n) is 31.1. The lowest BCUT2D eigenvalue weighted by atomic mass is 10.0. The summed E-state index contributed by atoms with van der Waals surface area (Å²) >= 11 is 0. The van der Waals surface area contributed by atoms with Crippen molar-refractivity contribution < 1.29 is 24.5 Å². The lowest BCUT2D eigenvalue weighted by molar-refractivity contribution is -0.143. The molecule has 0 aliphatic carbocycles. The molecule has 0 aliphatic rings. The summed E-state index contributed by atoms with van der Waals surface area (Å²) in [6.07, 6.45) is 71.9. The Morgan fingerprint density at radius 2 is 0.725 bits per heavy atom. The van der Waals surface area contributed by atoms with Crippen molar-refractivity contribution in [2.45, 2.75) is 353 Å². The summed E-state index contributed by atoms with van der Waals surface area (Å²) in [4.78, 5) is 24.5. The number of carbonyl (C=O) groups is 2. The predicted octanol–water partition coefficient (Wildman–Crippen LogP) is 19.4. The zero-order chi connectivity index (χ0) is 50.0. The summed E-state index contributed by atoms with van der Waals surface area (Å²) in [6.45, 7) is 4.94. The number of hydrogen-bond acceptors (Lipinski definition) is 5. The molecule has 3 N–H and O–H groups in total. The molecule has 0 radical (unpaired) electrons. The molecule has 0 saturated heterocycles. The number of unbranched alkanes of at least 4 members (excludes halogenated alkanes) is 43. The van der Waals surface area contributed by atoms with E-state index in [1.54, 1.807) is 0 Å². The first-order chi connectivity index (χ1) is 34.0. The highest BCUT2D eigenvalue weighted by atomic mass is 16.5. The van der Waals surface area contributed by atoms with Crippen molar-refractivity contribution in [2.75, 3.05) is 13.2 Å². The predicted molar refractivity (Wildman–Crippen MR) is 301 cm³/mol. The molecule has 0 bridgehead atoms. The van der Waals surface area contributed by atoms with Gasteiger partial charge in [-0.25, -0.2) is 0 Å². The number of amides is 1. The van der Waals surface area contributed by atoms with Crippen LogP contribution < -0.4 is 5.32 Å². The van der Waals surface area contributed by atoms with Crippen LogP contribution in [0.3, 0.4) is 0 Å². The molecule has 1 amide bonds. The molecule has 0 saturated carbocycles. The number of aliphatic hydroxyl groups is 2. The van der Waals surface area contributed by atoms with Crippen molar-refractivity contribution in [3.63, 3.8) is 0 Å². The highest BCUT2D eigenvalue weighted by Crippen LogP contribution is 2.18. The van der Waals surface area contributed by atoms with E-state index in [2.05, 4.69) is 43.5 Å². The first-order valence-corrected chi connectivity index (χ1v) is 31.1. The molecule has 0 fully saturated rings. The molecule has 0 aromatic carbocycles. The maximum absolute atomic E-state index is 12.4. The van der Waals surface area contributed by atoms with Crippen LogP contribution >= 0.6 is 0 Å². The van der Waals surface area contributed by atoms with Gasteiger partial charge in [-0.1, -0.05) is 295 Å². The summed E-state index contributed by atoms with van der Waals surface area (Å²) in [6, 6.07) is -0.539. The van der Waals surface area contributed by atoms with Crippen molar-refractivity contribution in [3.05, 3.63) is 24.3 Å². The van der Waals surface area contributed by atoms with Gasteiger partial charge in [0, 0.05) is 12.8 Å². The standard InChI is InChI=1S/C63H121NO5/c1-3-5-7-9-11-13-15-16-17-18-27-30-33-37-41-45-49-53-57-63(68)69-58-54-50-46-42-38-34-31-28-25-23-21-19-20-22-24-26-29-32-36-40-44-48-52-56-62(67)64-60(59-65)61(66)55-51-47-43-39-35-14-12-10-8-6-4-2/h13,15,17-18,60-61,65-66H,3-12,14,16,19-59H2,1-2H3,(H,64,67)/b15-13-,18-17-. The van der Waals surface area contributed by atoms with Gasteiger partial charge < -0.3 is 20.3 Å². The van der Waals surface area contributed by atoms with Crippen LogP contribution in [0.25, 0.3) is 0 Å². The van der Waals surface area contributed by atoms with Gasteiger partial charge in [-0.15, -0.1) is 0 Å². The van der Waals surface area contributed by atoms with Gasteiger partial charge in [0.05, 0.1) is 25.4 Å². The second kappa shape index (κ2) is 58.9. The smallest absolute Gasteiger partial charge is 0.305 e. The molecule has 0 aliphatic heterocycles. The molecule has 69 heavy (non-hydrogen) atoms. The van der Waals surface area contributed by atoms with E-state index in [0.717, 1.165) is 51.4 Å². The molecular formula is C63H121NO5. The summed E-state index contributed by atoms with van der Waals surface area (Å²) in [5, 5.41) is 23.2. The maximum atomic E-state index is 12.4. The third-order valence-corrected chi connectivity index (χ3v) is 14.5. The Kier molecular flexibility index (Phi) is 57.5. The molecule has 0 heterocycles. The number of carbonyl (C=O) groups excluding carboxylic acids is 2. The monoisotopic (exact) mass is 972 g/mol. The Morgan fingerprint density at radius 3 is 1.12 bits per heavy atom. The number of rotatable bonds is 58. The van der Waals surface area contributed by atoms with Gasteiger partial charge in [0.25, 0.3) is 0 Å². The largest absolute Gasteiger partial charge is 0.466 e. The van der Waals surface area contributed by atoms with Gasteiger partial charge >= 0.3 is 5.97 Å². The van der Waals surface area contributed by atoms with Crippen LogP contribution in [-0.2, 0) is 14.3 Å². The van der Waals surface area contributed by atoms with Crippen molar-refractivity contribution in [1.82, 2.24) is 5.32 Å². The third-order valence-electron chi connectivity index (χ3n) is 14.5. The second-order valence-electron chi connectivity index (χ2n) is 21.4. The number of esters is 1. The SMILES string of the molecule is CCCCCC/C=C\C/C=C\CCCCCCCCCC(=O)OCCCCCCCCCCCCCCCCCCCCCCCCCC(=O)NC(CO)C(O)CCCCCCCCCCCCC. The van der Waals surface area contributed by atoms with Crippen LogP contribution in [0.15, 0.2) is 24.3 Å². The molecule has 6 nitrogen and oxygen atoms in total. The topological polar surface area (TPSA) is 95.9 Å². The van der Waals surface area contributed by atoms with E-state index in [1.807, 2.05) is 0 Å². The molecular weight excluding hydrogens is 851 g/mol. The third kappa shape index (κ3) is 55.5. The Hall–Kier alpha value is -1.66. The molecule has 2 unspecified atom stereocenters. The van der Waals surface area contributed by atoms with Crippen LogP contribution in [0, 0.1) is 0 Å². The lowest BCUT2D eigenvalue weighted by Gasteiger charge is -2.22. The van der Waals surface area contributed by atoms with Gasteiger partial charge in [0.1, 0.15) is 0 Å². The lowest BCUT2D eigenvalue weighted by Crippen LogP contribution is -2.45. The van der Waals surface area contributed by atoms with E-state index in [1.165, 1.54) is 257 Å². The minimum atomic E-state index is -0.662. The number of allylic oxidation sites excluding steroid dienone is 4. The average Bonchev–Trinajstić information content (AvgIpc) is 3.35. The molecule has 2 atom stereocenters. The van der Waals surface area contributed by atoms with Gasteiger partial charge in [-0.3, -0.25) is 9.59 Å². The van der Waals surface area contributed by atoms with E-state index in [0.29, 0.717) is 25.9 Å². The van der Waals surface area contributed by atoms with Crippen LogP contribution in [-0.4, -0.2) is 47.4 Å². The van der Waals surface area contributed by atoms with E-state index < -0.39 is 12.1 Å². The number of hydrogen-bond donors (Lipinski definition) is 3. The zero-order valence-corrected chi connectivity index (χ0v) is 46.6. The zero-order valence-electron chi connectivity index (χ0n) is 46.6. The van der Waals surface area contributed by atoms with Crippen molar-refractivity contribution in [3.8, 4) is 0 Å². The summed E-state index contributed by atoms with van der Waals surface area (Å²) in [5.74, 6) is -0.0271. The second-order valence-corrected chi connectivity index (χ2v) is 21.4. The van der Waals surface area contributed by atoms with Crippen molar-refractivity contribution in [2.24, 2.45) is 0 Å². The Labute approximate surface area is 431 Å². The van der Waals surface area contributed by atoms with Gasteiger partial charge in [0.2, 0.25) is 5.91 Å². The Balaban J connectivity index is 3.34. The summed E-state index contributed by atoms with van der Waals surface area (Å²) in [7, 11) is 0. The van der Waals surface area contributed by atoms with Gasteiger partial charge in [0.15, 0.2) is 0 Å². The molecule has 0 aromatic heterocycles. The normalized spacial score (nSPS) is 12.7. The molecule has 0 spiro atoms. The minimum Gasteiger partial charge on any atom is -0.466 e. The fourth-order valence-electron chi connectivity index (χ4n) is 9.73. The highest BCUT2D eigenvalue weighted by Gasteiger charge is 2.20. The van der Waals surface area contributed by atoms with Gasteiger partial charge in [-0.2, -0.15) is 0 Å². The number of aliphatic hydroxyl groups excluding tert-OH is 2. The van der Waals surface area contributed by atoms with E-state index >= 15 is 0 Å². The molecule has 408 valence electrons. The van der Waals surface area contributed by atoms with Crippen molar-refractivity contribution in [1.29, 1.82) is 0 Å². The Bertz CT molecular complexity index is 1080.